The fraction of sp³-hybridized carbons (Fsp3) is 0.429. The maximum atomic E-state index is 12.5. The van der Waals surface area contributed by atoms with E-state index in [0.717, 1.165) is 28.2 Å². The molecule has 0 spiro atoms. The molecule has 0 radical (unpaired) electrons. The lowest BCUT2D eigenvalue weighted by atomic mass is 9.86. The zero-order valence-corrected chi connectivity index (χ0v) is 16.7. The third kappa shape index (κ3) is 3.66. The molecule has 0 saturated carbocycles. The highest BCUT2D eigenvalue weighted by Gasteiger charge is 2.23. The van der Waals surface area contributed by atoms with E-state index in [0.29, 0.717) is 5.56 Å². The van der Waals surface area contributed by atoms with Crippen molar-refractivity contribution in [2.75, 3.05) is 5.32 Å². The Balaban J connectivity index is 1.99. The summed E-state index contributed by atoms with van der Waals surface area (Å²) in [6.07, 6.45) is 2.06. The first-order valence-electron chi connectivity index (χ1n) is 8.93. The molecular formula is C21H28N4O. The van der Waals surface area contributed by atoms with E-state index in [1.54, 1.807) is 0 Å². The van der Waals surface area contributed by atoms with E-state index in [-0.39, 0.29) is 11.3 Å². The molecule has 0 fully saturated rings. The minimum Gasteiger partial charge on any atom is -0.379 e. The van der Waals surface area contributed by atoms with Crippen LogP contribution >= 0.6 is 0 Å². The lowest BCUT2D eigenvalue weighted by Gasteiger charge is -2.20. The Morgan fingerprint density at radius 2 is 1.81 bits per heavy atom. The highest BCUT2D eigenvalue weighted by Crippen LogP contribution is 2.28. The molecule has 1 aromatic carbocycles. The van der Waals surface area contributed by atoms with Gasteiger partial charge in [0.05, 0.1) is 22.4 Å². The first-order chi connectivity index (χ1) is 11.9. The predicted octanol–water partition coefficient (Wildman–Crippen LogP) is 5.01. The van der Waals surface area contributed by atoms with Crippen molar-refractivity contribution in [3.05, 3.63) is 36.0 Å². The zero-order chi connectivity index (χ0) is 19.3. The lowest BCUT2D eigenvalue weighted by Crippen LogP contribution is -2.25. The Kier molecular flexibility index (Phi) is 4.21. The van der Waals surface area contributed by atoms with Gasteiger partial charge in [0.1, 0.15) is 0 Å². The third-order valence-corrected chi connectivity index (χ3v) is 4.19. The summed E-state index contributed by atoms with van der Waals surface area (Å²) in [6.45, 7) is 12.2. The minimum atomic E-state index is -0.401. The van der Waals surface area contributed by atoms with Crippen LogP contribution in [0.2, 0.25) is 0 Å². The molecule has 0 amide bonds. The minimum absolute atomic E-state index is 0.00524. The molecule has 0 aliphatic rings. The maximum absolute atomic E-state index is 12.5. The van der Waals surface area contributed by atoms with Crippen LogP contribution in [-0.2, 0) is 7.05 Å². The lowest BCUT2D eigenvalue weighted by molar-refractivity contribution is 0.0858. The highest BCUT2D eigenvalue weighted by molar-refractivity contribution is 6.02. The number of rotatable bonds is 3. The topological polar surface area (TPSA) is 62.7 Å². The maximum Gasteiger partial charge on any atom is 0.168 e. The van der Waals surface area contributed by atoms with Crippen molar-refractivity contribution < 1.29 is 4.79 Å². The van der Waals surface area contributed by atoms with Crippen LogP contribution in [0.4, 0.5) is 5.69 Å². The Morgan fingerprint density at radius 1 is 1.12 bits per heavy atom. The van der Waals surface area contributed by atoms with Gasteiger partial charge in [-0.05, 0) is 45.0 Å². The number of ketones is 1. The summed E-state index contributed by atoms with van der Waals surface area (Å²) in [5.41, 5.74) is 4.09. The average Bonchev–Trinajstić information content (AvgIpc) is 3.05. The number of fused-ring (bicyclic) bond motifs is 1. The van der Waals surface area contributed by atoms with E-state index in [9.17, 15) is 4.79 Å². The number of carbonyl (C=O) groups excluding carboxylic acids is 1. The third-order valence-electron chi connectivity index (χ3n) is 4.19. The molecule has 2 heterocycles. The summed E-state index contributed by atoms with van der Waals surface area (Å²) in [5.74, 6) is 0.927. The van der Waals surface area contributed by atoms with E-state index < -0.39 is 5.41 Å². The van der Waals surface area contributed by atoms with E-state index in [2.05, 4.69) is 43.3 Å². The molecule has 3 aromatic rings. The summed E-state index contributed by atoms with van der Waals surface area (Å²) in [6, 6.07) is 7.75. The number of carbonyl (C=O) groups is 1. The van der Waals surface area contributed by atoms with Crippen LogP contribution in [0.1, 0.15) is 51.9 Å². The number of imidazole rings is 1. The Morgan fingerprint density at radius 3 is 2.42 bits per heavy atom. The van der Waals surface area contributed by atoms with Gasteiger partial charge in [-0.1, -0.05) is 20.8 Å². The number of hydrogen-bond donors (Lipinski definition) is 2. The summed E-state index contributed by atoms with van der Waals surface area (Å²) in [4.78, 5) is 20.6. The molecule has 0 unspecified atom stereocenters. The van der Waals surface area contributed by atoms with Gasteiger partial charge in [0, 0.05) is 29.8 Å². The van der Waals surface area contributed by atoms with Crippen molar-refractivity contribution in [1.82, 2.24) is 14.5 Å². The summed E-state index contributed by atoms with van der Waals surface area (Å²) < 4.78 is 2.05. The number of H-pyrrole nitrogens is 1. The van der Waals surface area contributed by atoms with Crippen molar-refractivity contribution in [1.29, 1.82) is 0 Å². The van der Waals surface area contributed by atoms with Crippen LogP contribution in [0.25, 0.3) is 22.6 Å². The van der Waals surface area contributed by atoms with Crippen LogP contribution in [0.15, 0.2) is 30.5 Å². The van der Waals surface area contributed by atoms with E-state index in [4.69, 9.17) is 4.98 Å². The second-order valence-corrected chi connectivity index (χ2v) is 9.00. The number of Topliss-reactive ketones (excluding diaryl/α,β-unsaturated/α-hetero) is 1. The van der Waals surface area contributed by atoms with Crippen molar-refractivity contribution in [3.63, 3.8) is 0 Å². The van der Waals surface area contributed by atoms with Gasteiger partial charge in [-0.25, -0.2) is 4.98 Å². The number of nitrogens with zero attached hydrogens (tertiary/aromatic N) is 2. The smallest absolute Gasteiger partial charge is 0.168 e. The number of aromatic amines is 1. The second-order valence-electron chi connectivity index (χ2n) is 9.00. The Hall–Kier alpha value is -2.56. The molecule has 2 N–H and O–H groups in total. The molecule has 0 aliphatic heterocycles. The van der Waals surface area contributed by atoms with Crippen LogP contribution in [-0.4, -0.2) is 25.9 Å². The van der Waals surface area contributed by atoms with Crippen LogP contribution in [0.3, 0.4) is 0 Å². The summed E-state index contributed by atoms with van der Waals surface area (Å²) in [5, 5.41) is 3.48. The first-order valence-corrected chi connectivity index (χ1v) is 8.93. The van der Waals surface area contributed by atoms with Gasteiger partial charge in [-0.15, -0.1) is 0 Å². The zero-order valence-electron chi connectivity index (χ0n) is 16.7. The van der Waals surface area contributed by atoms with Crippen LogP contribution in [0.5, 0.6) is 0 Å². The van der Waals surface area contributed by atoms with Gasteiger partial charge in [-0.3, -0.25) is 4.79 Å². The fourth-order valence-corrected chi connectivity index (χ4v) is 3.01. The molecule has 3 rings (SSSR count). The van der Waals surface area contributed by atoms with E-state index in [1.165, 1.54) is 0 Å². The standard InChI is InChI=1S/C21H28N4O/c1-20(2,3)18(26)13-8-9-15-16(10-13)23-19(22-15)17-11-14(12-25(17)7)24-21(4,5)6/h8-12,24H,1-7H3,(H,22,23). The van der Waals surface area contributed by atoms with E-state index in [1.807, 2.05) is 50.6 Å². The average molecular weight is 352 g/mol. The number of aryl methyl sites for hydroxylation is 1. The SMILES string of the molecule is Cn1cc(NC(C)(C)C)cc1-c1nc2ccc(C(=O)C(C)(C)C)cc2[nH]1. The highest BCUT2D eigenvalue weighted by atomic mass is 16.1. The first kappa shape index (κ1) is 18.2. The van der Waals surface area contributed by atoms with Gasteiger partial charge in [0.25, 0.3) is 0 Å². The van der Waals surface area contributed by atoms with Gasteiger partial charge >= 0.3 is 0 Å². The molecule has 0 atom stereocenters. The Bertz CT molecular complexity index is 964. The molecule has 138 valence electrons. The van der Waals surface area contributed by atoms with Gasteiger partial charge in [0.15, 0.2) is 11.6 Å². The van der Waals surface area contributed by atoms with Gasteiger partial charge in [-0.2, -0.15) is 0 Å². The molecule has 5 heteroatoms. The Labute approximate surface area is 154 Å². The molecule has 5 nitrogen and oxygen atoms in total. The molecule has 0 aliphatic carbocycles. The number of nitrogens with one attached hydrogen (secondary N) is 2. The van der Waals surface area contributed by atoms with Crippen LogP contribution < -0.4 is 5.32 Å². The van der Waals surface area contributed by atoms with Crippen LogP contribution in [0, 0.1) is 5.41 Å². The predicted molar refractivity (Wildman–Crippen MR) is 108 cm³/mol. The van der Waals surface area contributed by atoms with Crippen molar-refractivity contribution >= 4 is 22.5 Å². The summed E-state index contributed by atoms with van der Waals surface area (Å²) in [7, 11) is 2.00. The van der Waals surface area contributed by atoms with Crippen molar-refractivity contribution in [2.24, 2.45) is 12.5 Å². The number of hydrogen-bond acceptors (Lipinski definition) is 3. The number of benzene rings is 1. The normalized spacial score (nSPS) is 12.6. The number of aromatic nitrogens is 3. The molecule has 0 bridgehead atoms. The van der Waals surface area contributed by atoms with Gasteiger partial charge < -0.3 is 14.9 Å². The number of anilines is 1. The van der Waals surface area contributed by atoms with Crippen molar-refractivity contribution in [2.45, 2.75) is 47.1 Å². The molecule has 26 heavy (non-hydrogen) atoms. The largest absolute Gasteiger partial charge is 0.379 e. The second kappa shape index (κ2) is 6.01. The molecule has 0 saturated heterocycles. The van der Waals surface area contributed by atoms with Gasteiger partial charge in [0.2, 0.25) is 0 Å². The molecule has 2 aromatic heterocycles. The quantitative estimate of drug-likeness (QED) is 0.652. The monoisotopic (exact) mass is 352 g/mol. The van der Waals surface area contributed by atoms with Crippen molar-refractivity contribution in [3.8, 4) is 11.5 Å². The molecular weight excluding hydrogens is 324 g/mol. The fourth-order valence-electron chi connectivity index (χ4n) is 3.01. The summed E-state index contributed by atoms with van der Waals surface area (Å²) >= 11 is 0. The van der Waals surface area contributed by atoms with E-state index >= 15 is 0 Å².